The molecule has 0 spiro atoms. The fourth-order valence-electron chi connectivity index (χ4n) is 3.43. The molecule has 0 aromatic rings. The zero-order valence-electron chi connectivity index (χ0n) is 12.8. The van der Waals surface area contributed by atoms with Crippen molar-refractivity contribution in [3.8, 4) is 0 Å². The van der Waals surface area contributed by atoms with Crippen LogP contribution in [0.5, 0.6) is 0 Å². The lowest BCUT2D eigenvalue weighted by Gasteiger charge is -2.42. The normalized spacial score (nSPS) is 25.7. The van der Waals surface area contributed by atoms with E-state index in [1.54, 1.807) is 0 Å². The van der Waals surface area contributed by atoms with Crippen molar-refractivity contribution in [1.82, 2.24) is 9.80 Å². The van der Waals surface area contributed by atoms with E-state index in [0.717, 1.165) is 31.8 Å². The number of carbonyl (C=O) groups excluding carboxylic acids is 1. The van der Waals surface area contributed by atoms with Crippen LogP contribution in [0.1, 0.15) is 32.6 Å². The van der Waals surface area contributed by atoms with Crippen LogP contribution in [0, 0.1) is 5.92 Å². The Kier molecular flexibility index (Phi) is 6.49. The predicted octanol–water partition coefficient (Wildman–Crippen LogP) is 2.68. The van der Waals surface area contributed by atoms with E-state index in [2.05, 4.69) is 11.2 Å². The van der Waals surface area contributed by atoms with Gasteiger partial charge < -0.3 is 9.64 Å². The van der Waals surface area contributed by atoms with Gasteiger partial charge in [0.25, 0.3) is 0 Å². The molecule has 0 radical (unpaired) electrons. The van der Waals surface area contributed by atoms with Crippen LogP contribution in [0.4, 0.5) is 4.79 Å². The van der Waals surface area contributed by atoms with E-state index < -0.39 is 0 Å². The summed E-state index contributed by atoms with van der Waals surface area (Å²) in [5, 5.41) is 0. The van der Waals surface area contributed by atoms with E-state index >= 15 is 0 Å². The molecule has 1 amide bonds. The van der Waals surface area contributed by atoms with Crippen molar-refractivity contribution in [3.05, 3.63) is 0 Å². The van der Waals surface area contributed by atoms with Crippen LogP contribution in [0.25, 0.3) is 0 Å². The second-order valence-corrected chi connectivity index (χ2v) is 6.79. The molecule has 4 nitrogen and oxygen atoms in total. The number of piperidine rings is 2. The number of carbonyl (C=O) groups is 1. The van der Waals surface area contributed by atoms with Crippen molar-refractivity contribution in [2.75, 3.05) is 44.8 Å². The lowest BCUT2D eigenvalue weighted by molar-refractivity contribution is 0.0604. The summed E-state index contributed by atoms with van der Waals surface area (Å²) in [5.74, 6) is 2.15. The first kappa shape index (κ1) is 16.0. The third-order valence-electron chi connectivity index (χ3n) is 4.46. The molecule has 116 valence electrons. The highest BCUT2D eigenvalue weighted by Gasteiger charge is 2.30. The highest BCUT2D eigenvalue weighted by Crippen LogP contribution is 2.25. The molecule has 0 aromatic heterocycles. The smallest absolute Gasteiger partial charge is 0.409 e. The number of likely N-dealkylation sites (tertiary alicyclic amines) is 2. The zero-order chi connectivity index (χ0) is 14.4. The topological polar surface area (TPSA) is 32.8 Å². The molecule has 2 aliphatic heterocycles. The first-order chi connectivity index (χ1) is 9.74. The second kappa shape index (κ2) is 8.13. The summed E-state index contributed by atoms with van der Waals surface area (Å²) in [6, 6.07) is 0.672. The SMILES string of the molecule is CCOC(=O)N1CCC(N2CCC[C@H](CSC)C2)CC1. The highest BCUT2D eigenvalue weighted by molar-refractivity contribution is 7.98. The van der Waals surface area contributed by atoms with Crippen molar-refractivity contribution in [1.29, 1.82) is 0 Å². The number of nitrogens with zero attached hydrogens (tertiary/aromatic N) is 2. The van der Waals surface area contributed by atoms with E-state index in [-0.39, 0.29) is 6.09 Å². The van der Waals surface area contributed by atoms with E-state index in [9.17, 15) is 4.79 Å². The van der Waals surface area contributed by atoms with Gasteiger partial charge in [-0.05, 0) is 57.1 Å². The Morgan fingerprint density at radius 3 is 2.65 bits per heavy atom. The van der Waals surface area contributed by atoms with Gasteiger partial charge in [0, 0.05) is 25.7 Å². The Labute approximate surface area is 127 Å². The lowest BCUT2D eigenvalue weighted by Crippen LogP contribution is -2.50. The molecule has 2 fully saturated rings. The molecule has 2 saturated heterocycles. The molecule has 2 rings (SSSR count). The molecule has 0 aliphatic carbocycles. The fourth-order valence-corrected chi connectivity index (χ4v) is 4.17. The van der Waals surface area contributed by atoms with E-state index in [1.807, 2.05) is 23.6 Å². The monoisotopic (exact) mass is 300 g/mol. The summed E-state index contributed by atoms with van der Waals surface area (Å²) < 4.78 is 5.08. The van der Waals surface area contributed by atoms with Crippen LogP contribution >= 0.6 is 11.8 Å². The van der Waals surface area contributed by atoms with Gasteiger partial charge in [-0.15, -0.1) is 0 Å². The first-order valence-corrected chi connectivity index (χ1v) is 9.28. The van der Waals surface area contributed by atoms with Crippen LogP contribution in [0.2, 0.25) is 0 Å². The number of rotatable bonds is 4. The number of amides is 1. The summed E-state index contributed by atoms with van der Waals surface area (Å²) in [7, 11) is 0. The van der Waals surface area contributed by atoms with Crippen molar-refractivity contribution in [3.63, 3.8) is 0 Å². The molecule has 2 heterocycles. The molecule has 5 heteroatoms. The Morgan fingerprint density at radius 2 is 2.00 bits per heavy atom. The van der Waals surface area contributed by atoms with Gasteiger partial charge in [0.15, 0.2) is 0 Å². The molecule has 0 unspecified atom stereocenters. The maximum atomic E-state index is 11.7. The van der Waals surface area contributed by atoms with Gasteiger partial charge in [-0.25, -0.2) is 4.79 Å². The summed E-state index contributed by atoms with van der Waals surface area (Å²) in [5.41, 5.74) is 0. The van der Waals surface area contributed by atoms with Crippen molar-refractivity contribution < 1.29 is 9.53 Å². The molecule has 2 aliphatic rings. The van der Waals surface area contributed by atoms with E-state index in [4.69, 9.17) is 4.74 Å². The van der Waals surface area contributed by atoms with Gasteiger partial charge in [-0.1, -0.05) is 0 Å². The van der Waals surface area contributed by atoms with E-state index in [0.29, 0.717) is 12.6 Å². The summed E-state index contributed by atoms with van der Waals surface area (Å²) in [6.07, 6.45) is 7.00. The third-order valence-corrected chi connectivity index (χ3v) is 5.26. The van der Waals surface area contributed by atoms with Crippen LogP contribution in [0.15, 0.2) is 0 Å². The minimum atomic E-state index is -0.134. The number of hydrogen-bond donors (Lipinski definition) is 0. The quantitative estimate of drug-likeness (QED) is 0.799. The van der Waals surface area contributed by atoms with Crippen molar-refractivity contribution in [2.24, 2.45) is 5.92 Å². The molecule has 1 atom stereocenters. The molecule has 0 N–H and O–H groups in total. The third kappa shape index (κ3) is 4.29. The Balaban J connectivity index is 1.77. The number of hydrogen-bond acceptors (Lipinski definition) is 4. The Bertz CT molecular complexity index is 304. The van der Waals surface area contributed by atoms with Gasteiger partial charge in [-0.3, -0.25) is 4.90 Å². The van der Waals surface area contributed by atoms with Gasteiger partial charge in [0.2, 0.25) is 0 Å². The number of thioether (sulfide) groups is 1. The largest absolute Gasteiger partial charge is 0.450 e. The van der Waals surface area contributed by atoms with Crippen LogP contribution in [-0.2, 0) is 4.74 Å². The maximum Gasteiger partial charge on any atom is 0.409 e. The van der Waals surface area contributed by atoms with Gasteiger partial charge >= 0.3 is 6.09 Å². The van der Waals surface area contributed by atoms with Crippen molar-refractivity contribution in [2.45, 2.75) is 38.6 Å². The van der Waals surface area contributed by atoms with Crippen LogP contribution < -0.4 is 0 Å². The highest BCUT2D eigenvalue weighted by atomic mass is 32.2. The molecular formula is C15H28N2O2S. The van der Waals surface area contributed by atoms with Crippen LogP contribution in [0.3, 0.4) is 0 Å². The number of ether oxygens (including phenoxy) is 1. The molecular weight excluding hydrogens is 272 g/mol. The minimum Gasteiger partial charge on any atom is -0.450 e. The summed E-state index contributed by atoms with van der Waals surface area (Å²) in [6.45, 7) is 6.55. The van der Waals surface area contributed by atoms with Crippen LogP contribution in [-0.4, -0.2) is 66.7 Å². The first-order valence-electron chi connectivity index (χ1n) is 7.89. The van der Waals surface area contributed by atoms with Crippen molar-refractivity contribution >= 4 is 17.9 Å². The van der Waals surface area contributed by atoms with Gasteiger partial charge in [0.05, 0.1) is 6.61 Å². The summed E-state index contributed by atoms with van der Waals surface area (Å²) in [4.78, 5) is 16.2. The predicted molar refractivity (Wildman–Crippen MR) is 84.3 cm³/mol. The average Bonchev–Trinajstić information content (AvgIpc) is 2.48. The lowest BCUT2D eigenvalue weighted by atomic mass is 9.95. The maximum absolute atomic E-state index is 11.7. The van der Waals surface area contributed by atoms with E-state index in [1.165, 1.54) is 31.7 Å². The molecule has 0 saturated carbocycles. The Hall–Kier alpha value is -0.420. The zero-order valence-corrected chi connectivity index (χ0v) is 13.7. The van der Waals surface area contributed by atoms with Gasteiger partial charge in [0.1, 0.15) is 0 Å². The van der Waals surface area contributed by atoms with Gasteiger partial charge in [-0.2, -0.15) is 11.8 Å². The molecule has 0 bridgehead atoms. The minimum absolute atomic E-state index is 0.134. The Morgan fingerprint density at radius 1 is 1.25 bits per heavy atom. The molecule has 20 heavy (non-hydrogen) atoms. The fraction of sp³-hybridized carbons (Fsp3) is 0.933. The summed E-state index contributed by atoms with van der Waals surface area (Å²) >= 11 is 1.97. The second-order valence-electron chi connectivity index (χ2n) is 5.88. The standard InChI is InChI=1S/C15H28N2O2S/c1-3-19-15(18)16-9-6-14(7-10-16)17-8-4-5-13(11-17)12-20-2/h13-14H,3-12H2,1-2H3/t13-/m0/s1. The average molecular weight is 300 g/mol. The molecule has 0 aromatic carbocycles.